The van der Waals surface area contributed by atoms with Gasteiger partial charge in [0, 0.05) is 28.4 Å². The topological polar surface area (TPSA) is 64.9 Å². The SMILES string of the molecule is NC1CCC(c2nc(Cc3ccc(Cl)cc3Cl)no2)CC1. The van der Waals surface area contributed by atoms with E-state index in [4.69, 9.17) is 33.5 Å². The summed E-state index contributed by atoms with van der Waals surface area (Å²) >= 11 is 12.1. The van der Waals surface area contributed by atoms with Crippen molar-refractivity contribution < 1.29 is 4.52 Å². The molecule has 1 aliphatic carbocycles. The minimum Gasteiger partial charge on any atom is -0.339 e. The molecule has 0 bridgehead atoms. The molecular weight excluding hydrogens is 309 g/mol. The second-order valence-electron chi connectivity index (χ2n) is 5.57. The zero-order valence-electron chi connectivity index (χ0n) is 11.6. The third kappa shape index (κ3) is 3.57. The Labute approximate surface area is 133 Å². The number of halogens is 2. The maximum absolute atomic E-state index is 6.17. The van der Waals surface area contributed by atoms with Crippen LogP contribution < -0.4 is 5.73 Å². The van der Waals surface area contributed by atoms with Crippen molar-refractivity contribution >= 4 is 23.2 Å². The summed E-state index contributed by atoms with van der Waals surface area (Å²) in [6.07, 6.45) is 4.62. The summed E-state index contributed by atoms with van der Waals surface area (Å²) in [6, 6.07) is 5.74. The zero-order chi connectivity index (χ0) is 14.8. The highest BCUT2D eigenvalue weighted by Crippen LogP contribution is 2.31. The number of aromatic nitrogens is 2. The lowest BCUT2D eigenvalue weighted by molar-refractivity contribution is 0.300. The molecule has 4 nitrogen and oxygen atoms in total. The van der Waals surface area contributed by atoms with Crippen molar-refractivity contribution in [3.63, 3.8) is 0 Å². The van der Waals surface area contributed by atoms with Crippen molar-refractivity contribution in [3.8, 4) is 0 Å². The molecule has 2 N–H and O–H groups in total. The number of rotatable bonds is 3. The van der Waals surface area contributed by atoms with Gasteiger partial charge < -0.3 is 10.3 Å². The Balaban J connectivity index is 1.70. The van der Waals surface area contributed by atoms with E-state index in [1.807, 2.05) is 12.1 Å². The van der Waals surface area contributed by atoms with Crippen LogP contribution in [0.15, 0.2) is 22.7 Å². The molecule has 0 atom stereocenters. The van der Waals surface area contributed by atoms with Crippen molar-refractivity contribution in [2.75, 3.05) is 0 Å². The standard InChI is InChI=1S/C15H17Cl2N3O/c16-11-4-1-10(13(17)8-11)7-14-19-15(21-20-14)9-2-5-12(18)6-3-9/h1,4,8-9,12H,2-3,5-7,18H2. The molecule has 0 saturated heterocycles. The lowest BCUT2D eigenvalue weighted by atomic mass is 9.86. The van der Waals surface area contributed by atoms with Crippen molar-refractivity contribution in [2.45, 2.75) is 44.1 Å². The van der Waals surface area contributed by atoms with Gasteiger partial charge in [-0.25, -0.2) is 0 Å². The third-order valence-electron chi connectivity index (χ3n) is 3.97. The second-order valence-corrected chi connectivity index (χ2v) is 6.42. The molecule has 21 heavy (non-hydrogen) atoms. The Kier molecular flexibility index (Phi) is 4.48. The molecule has 1 saturated carbocycles. The van der Waals surface area contributed by atoms with Gasteiger partial charge in [-0.3, -0.25) is 0 Å². The summed E-state index contributed by atoms with van der Waals surface area (Å²) in [5, 5.41) is 5.30. The summed E-state index contributed by atoms with van der Waals surface area (Å²) in [7, 11) is 0. The number of benzene rings is 1. The Hall–Kier alpha value is -1.10. The highest BCUT2D eigenvalue weighted by Gasteiger charge is 2.24. The maximum Gasteiger partial charge on any atom is 0.229 e. The van der Waals surface area contributed by atoms with Gasteiger partial charge in [0.2, 0.25) is 5.89 Å². The van der Waals surface area contributed by atoms with Gasteiger partial charge in [-0.05, 0) is 43.4 Å². The van der Waals surface area contributed by atoms with Gasteiger partial charge >= 0.3 is 0 Å². The Morgan fingerprint density at radius 2 is 1.95 bits per heavy atom. The fourth-order valence-corrected chi connectivity index (χ4v) is 3.18. The van der Waals surface area contributed by atoms with E-state index < -0.39 is 0 Å². The van der Waals surface area contributed by atoms with Crippen molar-refractivity contribution in [1.82, 2.24) is 10.1 Å². The van der Waals surface area contributed by atoms with Gasteiger partial charge in [0.25, 0.3) is 0 Å². The molecule has 6 heteroatoms. The summed E-state index contributed by atoms with van der Waals surface area (Å²) in [5.41, 5.74) is 6.86. The molecule has 1 aromatic heterocycles. The van der Waals surface area contributed by atoms with E-state index in [9.17, 15) is 0 Å². The maximum atomic E-state index is 6.17. The zero-order valence-corrected chi connectivity index (χ0v) is 13.1. The van der Waals surface area contributed by atoms with Gasteiger partial charge in [-0.2, -0.15) is 4.98 Å². The van der Waals surface area contributed by atoms with Crippen LogP contribution in [0, 0.1) is 0 Å². The smallest absolute Gasteiger partial charge is 0.229 e. The normalized spacial score (nSPS) is 22.4. The number of hydrogen-bond donors (Lipinski definition) is 1. The lowest BCUT2D eigenvalue weighted by Crippen LogP contribution is -2.25. The highest BCUT2D eigenvalue weighted by molar-refractivity contribution is 6.35. The summed E-state index contributed by atoms with van der Waals surface area (Å²) < 4.78 is 5.40. The molecule has 0 unspecified atom stereocenters. The highest BCUT2D eigenvalue weighted by atomic mass is 35.5. The van der Waals surface area contributed by atoms with Crippen LogP contribution in [0.25, 0.3) is 0 Å². The molecule has 1 fully saturated rings. The fraction of sp³-hybridized carbons (Fsp3) is 0.467. The van der Waals surface area contributed by atoms with Crippen LogP contribution in [0.4, 0.5) is 0 Å². The van der Waals surface area contributed by atoms with Crippen molar-refractivity contribution in [2.24, 2.45) is 5.73 Å². The second kappa shape index (κ2) is 6.34. The molecular formula is C15H17Cl2N3O. The lowest BCUT2D eigenvalue weighted by Gasteiger charge is -2.22. The molecule has 1 aliphatic rings. The Morgan fingerprint density at radius 3 is 2.67 bits per heavy atom. The summed E-state index contributed by atoms with van der Waals surface area (Å²) in [6.45, 7) is 0. The van der Waals surface area contributed by atoms with E-state index in [2.05, 4.69) is 10.1 Å². The van der Waals surface area contributed by atoms with E-state index in [0.29, 0.717) is 34.3 Å². The van der Waals surface area contributed by atoms with E-state index >= 15 is 0 Å². The molecule has 1 heterocycles. The van der Waals surface area contributed by atoms with Crippen LogP contribution in [0.2, 0.25) is 10.0 Å². The third-order valence-corrected chi connectivity index (χ3v) is 4.56. The van der Waals surface area contributed by atoms with Crippen LogP contribution in [0.5, 0.6) is 0 Å². The molecule has 2 aromatic rings. The fourth-order valence-electron chi connectivity index (χ4n) is 2.71. The summed E-state index contributed by atoms with van der Waals surface area (Å²) in [4.78, 5) is 4.51. The predicted molar refractivity (Wildman–Crippen MR) is 82.8 cm³/mol. The van der Waals surface area contributed by atoms with Crippen molar-refractivity contribution in [3.05, 3.63) is 45.5 Å². The van der Waals surface area contributed by atoms with Crippen LogP contribution >= 0.6 is 23.2 Å². The molecule has 3 rings (SSSR count). The van der Waals surface area contributed by atoms with Gasteiger partial charge in [-0.15, -0.1) is 0 Å². The molecule has 0 amide bonds. The quantitative estimate of drug-likeness (QED) is 0.927. The molecule has 0 aliphatic heterocycles. The predicted octanol–water partition coefficient (Wildman–Crippen LogP) is 3.95. The van der Waals surface area contributed by atoms with E-state index in [-0.39, 0.29) is 0 Å². The largest absolute Gasteiger partial charge is 0.339 e. The average Bonchev–Trinajstić information content (AvgIpc) is 2.91. The van der Waals surface area contributed by atoms with Crippen molar-refractivity contribution in [1.29, 1.82) is 0 Å². The number of nitrogens with zero attached hydrogens (tertiary/aromatic N) is 2. The summed E-state index contributed by atoms with van der Waals surface area (Å²) in [5.74, 6) is 1.72. The van der Waals surface area contributed by atoms with E-state index in [0.717, 1.165) is 37.1 Å². The molecule has 0 spiro atoms. The van der Waals surface area contributed by atoms with E-state index in [1.165, 1.54) is 0 Å². The Morgan fingerprint density at radius 1 is 1.19 bits per heavy atom. The van der Waals surface area contributed by atoms with Gasteiger partial charge in [0.15, 0.2) is 5.82 Å². The van der Waals surface area contributed by atoms with Gasteiger partial charge in [-0.1, -0.05) is 34.4 Å². The van der Waals surface area contributed by atoms with Crippen LogP contribution in [-0.4, -0.2) is 16.2 Å². The average molecular weight is 326 g/mol. The molecule has 1 aromatic carbocycles. The first kappa shape index (κ1) is 14.8. The molecule has 112 valence electrons. The van der Waals surface area contributed by atoms with Gasteiger partial charge in [0.05, 0.1) is 0 Å². The minimum atomic E-state index is 0.316. The minimum absolute atomic E-state index is 0.316. The monoisotopic (exact) mass is 325 g/mol. The Bertz CT molecular complexity index is 621. The van der Waals surface area contributed by atoms with Crippen LogP contribution in [-0.2, 0) is 6.42 Å². The van der Waals surface area contributed by atoms with Crippen LogP contribution in [0.1, 0.15) is 48.9 Å². The number of nitrogens with two attached hydrogens (primary N) is 1. The van der Waals surface area contributed by atoms with Crippen LogP contribution in [0.3, 0.4) is 0 Å². The number of hydrogen-bond acceptors (Lipinski definition) is 4. The van der Waals surface area contributed by atoms with Gasteiger partial charge in [0.1, 0.15) is 0 Å². The molecule has 0 radical (unpaired) electrons. The first-order chi connectivity index (χ1) is 10.1. The first-order valence-corrected chi connectivity index (χ1v) is 7.89. The van der Waals surface area contributed by atoms with E-state index in [1.54, 1.807) is 6.07 Å². The first-order valence-electron chi connectivity index (χ1n) is 7.14.